The van der Waals surface area contributed by atoms with Crippen molar-refractivity contribution in [3.05, 3.63) is 59.9 Å². The number of halogens is 4. The highest BCUT2D eigenvalue weighted by Gasteiger charge is 2.35. The summed E-state index contributed by atoms with van der Waals surface area (Å²) in [5.41, 5.74) is -1.26. The van der Waals surface area contributed by atoms with E-state index >= 15 is 0 Å². The third-order valence-corrected chi connectivity index (χ3v) is 4.08. The monoisotopic (exact) mass is 381 g/mol. The highest BCUT2D eigenvalue weighted by molar-refractivity contribution is 5.99. The molecule has 1 N–H and O–H groups in total. The SMILES string of the molecule is O=C(CN1CCN(c2ccccc2F)C1=O)Nc1ccccc1C(F)(F)F. The van der Waals surface area contributed by atoms with Gasteiger partial charge in [0.1, 0.15) is 12.4 Å². The van der Waals surface area contributed by atoms with Gasteiger partial charge in [0.05, 0.1) is 16.9 Å². The van der Waals surface area contributed by atoms with E-state index in [0.717, 1.165) is 17.0 Å². The smallest absolute Gasteiger partial charge is 0.324 e. The number of carbonyl (C=O) groups is 2. The Hall–Kier alpha value is -3.10. The lowest BCUT2D eigenvalue weighted by atomic mass is 10.1. The van der Waals surface area contributed by atoms with Crippen LogP contribution in [-0.4, -0.2) is 36.5 Å². The quantitative estimate of drug-likeness (QED) is 0.821. The first-order valence-electron chi connectivity index (χ1n) is 8.04. The first kappa shape index (κ1) is 18.7. The molecular formula is C18H15F4N3O2. The Morgan fingerprint density at radius 2 is 1.70 bits per heavy atom. The molecule has 1 aliphatic heterocycles. The maximum absolute atomic E-state index is 13.8. The van der Waals surface area contributed by atoms with Crippen molar-refractivity contribution in [2.45, 2.75) is 6.18 Å². The van der Waals surface area contributed by atoms with Crippen LogP contribution in [0.15, 0.2) is 48.5 Å². The van der Waals surface area contributed by atoms with E-state index in [4.69, 9.17) is 0 Å². The number of benzene rings is 2. The molecule has 5 nitrogen and oxygen atoms in total. The molecule has 142 valence electrons. The van der Waals surface area contributed by atoms with Crippen LogP contribution < -0.4 is 10.2 Å². The van der Waals surface area contributed by atoms with Crippen LogP contribution in [0.1, 0.15) is 5.56 Å². The maximum Gasteiger partial charge on any atom is 0.418 e. The average molecular weight is 381 g/mol. The molecule has 2 aromatic carbocycles. The minimum atomic E-state index is -4.62. The van der Waals surface area contributed by atoms with Gasteiger partial charge in [-0.25, -0.2) is 9.18 Å². The first-order chi connectivity index (χ1) is 12.8. The van der Waals surface area contributed by atoms with E-state index < -0.39 is 36.0 Å². The lowest BCUT2D eigenvalue weighted by Gasteiger charge is -2.19. The highest BCUT2D eigenvalue weighted by Crippen LogP contribution is 2.34. The fraction of sp³-hybridized carbons (Fsp3) is 0.222. The van der Waals surface area contributed by atoms with E-state index in [1.165, 1.54) is 35.2 Å². The zero-order chi connectivity index (χ0) is 19.6. The van der Waals surface area contributed by atoms with Crippen LogP contribution in [0.4, 0.5) is 33.7 Å². The first-order valence-corrected chi connectivity index (χ1v) is 8.04. The van der Waals surface area contributed by atoms with Crippen LogP contribution in [0.5, 0.6) is 0 Å². The molecule has 0 aliphatic carbocycles. The maximum atomic E-state index is 13.8. The summed E-state index contributed by atoms with van der Waals surface area (Å²) >= 11 is 0. The van der Waals surface area contributed by atoms with Gasteiger partial charge in [0.2, 0.25) is 5.91 Å². The van der Waals surface area contributed by atoms with E-state index in [1.54, 1.807) is 6.07 Å². The number of amides is 3. The summed E-state index contributed by atoms with van der Waals surface area (Å²) in [6.45, 7) is -0.107. The number of nitrogens with one attached hydrogen (secondary N) is 1. The van der Waals surface area contributed by atoms with E-state index in [1.807, 2.05) is 0 Å². The predicted octanol–water partition coefficient (Wildman–Crippen LogP) is 3.73. The number of para-hydroxylation sites is 2. The second-order valence-electron chi connectivity index (χ2n) is 5.90. The summed E-state index contributed by atoms with van der Waals surface area (Å²) in [6, 6.07) is 9.72. The number of carbonyl (C=O) groups excluding carboxylic acids is 2. The molecule has 3 rings (SSSR count). The van der Waals surface area contributed by atoms with Crippen molar-refractivity contribution >= 4 is 23.3 Å². The Bertz CT molecular complexity index is 870. The van der Waals surface area contributed by atoms with E-state index in [2.05, 4.69) is 5.32 Å². The second kappa shape index (κ2) is 7.26. The number of hydrogen-bond acceptors (Lipinski definition) is 2. The third-order valence-electron chi connectivity index (χ3n) is 4.08. The highest BCUT2D eigenvalue weighted by atomic mass is 19.4. The van der Waals surface area contributed by atoms with E-state index in [9.17, 15) is 27.2 Å². The summed E-state index contributed by atoms with van der Waals surface area (Å²) in [5.74, 6) is -1.34. The lowest BCUT2D eigenvalue weighted by Crippen LogP contribution is -2.37. The van der Waals surface area contributed by atoms with Gasteiger partial charge in [-0.2, -0.15) is 13.2 Å². The van der Waals surface area contributed by atoms with Crippen molar-refractivity contribution in [3.8, 4) is 0 Å². The van der Waals surface area contributed by atoms with Crippen molar-refractivity contribution in [1.82, 2.24) is 4.90 Å². The molecule has 0 saturated carbocycles. The zero-order valence-corrected chi connectivity index (χ0v) is 14.0. The number of anilines is 2. The molecule has 1 saturated heterocycles. The van der Waals surface area contributed by atoms with Gasteiger partial charge in [-0.05, 0) is 24.3 Å². The van der Waals surface area contributed by atoms with Gasteiger partial charge in [-0.3, -0.25) is 9.69 Å². The Labute approximate surface area is 152 Å². The Morgan fingerprint density at radius 3 is 2.41 bits per heavy atom. The molecule has 0 unspecified atom stereocenters. The molecule has 9 heteroatoms. The average Bonchev–Trinajstić information content (AvgIpc) is 2.95. The molecule has 27 heavy (non-hydrogen) atoms. The van der Waals surface area contributed by atoms with Crippen LogP contribution in [0.2, 0.25) is 0 Å². The van der Waals surface area contributed by atoms with Crippen molar-refractivity contribution in [2.24, 2.45) is 0 Å². The molecule has 0 atom stereocenters. The number of nitrogens with zero attached hydrogens (tertiary/aromatic N) is 2. The minimum absolute atomic E-state index is 0.0906. The normalized spacial score (nSPS) is 14.6. The van der Waals surface area contributed by atoms with Crippen LogP contribution in [0, 0.1) is 5.82 Å². The summed E-state index contributed by atoms with van der Waals surface area (Å²) < 4.78 is 52.8. The summed E-state index contributed by atoms with van der Waals surface area (Å²) in [4.78, 5) is 26.9. The van der Waals surface area contributed by atoms with Crippen molar-refractivity contribution < 1.29 is 27.2 Å². The van der Waals surface area contributed by atoms with Gasteiger partial charge in [0.25, 0.3) is 0 Å². The molecule has 1 heterocycles. The van der Waals surface area contributed by atoms with Gasteiger partial charge in [-0.15, -0.1) is 0 Å². The third kappa shape index (κ3) is 4.02. The zero-order valence-electron chi connectivity index (χ0n) is 14.0. The number of rotatable bonds is 4. The minimum Gasteiger partial charge on any atom is -0.324 e. The summed E-state index contributed by atoms with van der Waals surface area (Å²) in [7, 11) is 0. The molecule has 0 aromatic heterocycles. The number of hydrogen-bond donors (Lipinski definition) is 1. The molecule has 1 aliphatic rings. The molecule has 0 radical (unpaired) electrons. The summed E-state index contributed by atoms with van der Waals surface area (Å²) in [5, 5.41) is 2.19. The second-order valence-corrected chi connectivity index (χ2v) is 5.90. The van der Waals surface area contributed by atoms with Gasteiger partial charge in [0.15, 0.2) is 0 Å². The molecule has 2 aromatic rings. The van der Waals surface area contributed by atoms with Gasteiger partial charge in [-0.1, -0.05) is 24.3 Å². The van der Waals surface area contributed by atoms with Crippen LogP contribution in [0.25, 0.3) is 0 Å². The van der Waals surface area contributed by atoms with Crippen LogP contribution in [0.3, 0.4) is 0 Å². The summed E-state index contributed by atoms with van der Waals surface area (Å²) in [6.07, 6.45) is -4.62. The van der Waals surface area contributed by atoms with Gasteiger partial charge < -0.3 is 10.2 Å². The van der Waals surface area contributed by atoms with Crippen molar-refractivity contribution in [1.29, 1.82) is 0 Å². The molecule has 0 spiro atoms. The lowest BCUT2D eigenvalue weighted by molar-refractivity contribution is -0.137. The van der Waals surface area contributed by atoms with E-state index in [-0.39, 0.29) is 24.5 Å². The molecule has 3 amide bonds. The largest absolute Gasteiger partial charge is 0.418 e. The Morgan fingerprint density at radius 1 is 1.04 bits per heavy atom. The van der Waals surface area contributed by atoms with Gasteiger partial charge in [0, 0.05) is 13.1 Å². The Kier molecular flexibility index (Phi) is 5.02. The molecule has 1 fully saturated rings. The van der Waals surface area contributed by atoms with Crippen molar-refractivity contribution in [2.75, 3.05) is 29.9 Å². The predicted molar refractivity (Wildman–Crippen MR) is 90.8 cm³/mol. The molecule has 0 bridgehead atoms. The standard InChI is InChI=1S/C18H15F4N3O2/c19-13-6-2-4-8-15(13)25-10-9-24(17(25)27)11-16(26)23-14-7-3-1-5-12(14)18(20,21)22/h1-8H,9-11H2,(H,23,26). The number of alkyl halides is 3. The van der Waals surface area contributed by atoms with E-state index in [0.29, 0.717) is 0 Å². The number of urea groups is 1. The fourth-order valence-corrected chi connectivity index (χ4v) is 2.83. The van der Waals surface area contributed by atoms with Crippen LogP contribution in [-0.2, 0) is 11.0 Å². The Balaban J connectivity index is 1.68. The van der Waals surface area contributed by atoms with Crippen LogP contribution >= 0.6 is 0 Å². The fourth-order valence-electron chi connectivity index (χ4n) is 2.83. The van der Waals surface area contributed by atoms with Crippen molar-refractivity contribution in [3.63, 3.8) is 0 Å². The molecular weight excluding hydrogens is 366 g/mol. The topological polar surface area (TPSA) is 52.7 Å². The van der Waals surface area contributed by atoms with Gasteiger partial charge >= 0.3 is 12.2 Å².